The van der Waals surface area contributed by atoms with Crippen LogP contribution in [0.1, 0.15) is 0 Å². The lowest BCUT2D eigenvalue weighted by Crippen LogP contribution is -2.50. The van der Waals surface area contributed by atoms with Crippen LogP contribution in [0.25, 0.3) is 0 Å². The Morgan fingerprint density at radius 1 is 1.20 bits per heavy atom. The fourth-order valence-electron chi connectivity index (χ4n) is 0.770. The normalized spacial score (nSPS) is 49.2. The van der Waals surface area contributed by atoms with Crippen molar-refractivity contribution in [1.29, 1.82) is 0 Å². The minimum absolute atomic E-state index is 0.0565. The van der Waals surface area contributed by atoms with Gasteiger partial charge in [-0.3, -0.25) is 0 Å². The van der Waals surface area contributed by atoms with Gasteiger partial charge in [-0.15, -0.1) is 11.6 Å². The summed E-state index contributed by atoms with van der Waals surface area (Å²) in [4.78, 5) is 0. The van der Waals surface area contributed by atoms with Crippen molar-refractivity contribution < 1.29 is 20.1 Å². The van der Waals surface area contributed by atoms with E-state index in [2.05, 4.69) is 4.74 Å². The van der Waals surface area contributed by atoms with Gasteiger partial charge in [0.05, 0.1) is 12.0 Å². The van der Waals surface area contributed by atoms with Crippen LogP contribution in [0.2, 0.25) is 0 Å². The summed E-state index contributed by atoms with van der Waals surface area (Å²) in [6.45, 7) is 0.0565. The van der Waals surface area contributed by atoms with Crippen LogP contribution in [0.4, 0.5) is 0 Å². The highest BCUT2D eigenvalue weighted by atomic mass is 35.5. The minimum atomic E-state index is -1.31. The van der Waals surface area contributed by atoms with Crippen LogP contribution in [0.15, 0.2) is 0 Å². The summed E-state index contributed by atoms with van der Waals surface area (Å²) < 4.78 is 4.59. The largest absolute Gasteiger partial charge is 0.389 e. The van der Waals surface area contributed by atoms with Gasteiger partial charge in [0.25, 0.3) is 0 Å². The van der Waals surface area contributed by atoms with Gasteiger partial charge in [-0.1, -0.05) is 0 Å². The zero-order valence-electron chi connectivity index (χ0n) is 5.14. The Balaban J connectivity index is 2.52. The van der Waals surface area contributed by atoms with E-state index >= 15 is 0 Å². The Morgan fingerprint density at radius 2 is 1.80 bits per heavy atom. The van der Waals surface area contributed by atoms with E-state index in [1.807, 2.05) is 0 Å². The summed E-state index contributed by atoms with van der Waals surface area (Å²) in [5, 5.41) is 26.0. The average Bonchev–Trinajstić information content (AvgIpc) is 1.93. The van der Waals surface area contributed by atoms with Crippen LogP contribution in [0.3, 0.4) is 0 Å². The summed E-state index contributed by atoms with van der Waals surface area (Å²) >= 11 is 5.48. The quantitative estimate of drug-likeness (QED) is 0.392. The third-order valence-electron chi connectivity index (χ3n) is 1.44. The van der Waals surface area contributed by atoms with Crippen LogP contribution in [0, 0.1) is 0 Å². The molecule has 0 saturated carbocycles. The Kier molecular flexibility index (Phi) is 2.49. The molecule has 1 heterocycles. The zero-order valence-corrected chi connectivity index (χ0v) is 5.90. The van der Waals surface area contributed by atoms with Gasteiger partial charge in [-0.05, 0) is 0 Å². The van der Waals surface area contributed by atoms with E-state index in [1.165, 1.54) is 0 Å². The smallest absolute Gasteiger partial charge is 0.183 e. The second-order valence-corrected chi connectivity index (χ2v) is 2.78. The molecule has 1 fully saturated rings. The second kappa shape index (κ2) is 3.02. The molecule has 0 aromatic carbocycles. The molecule has 4 nitrogen and oxygen atoms in total. The highest BCUT2D eigenvalue weighted by Gasteiger charge is 2.36. The first-order valence-corrected chi connectivity index (χ1v) is 3.36. The molecule has 1 aliphatic heterocycles. The van der Waals surface area contributed by atoms with Crippen molar-refractivity contribution >= 4 is 11.6 Å². The third kappa shape index (κ3) is 1.41. The predicted octanol–water partition coefficient (Wildman–Crippen LogP) is -1.34. The van der Waals surface area contributed by atoms with E-state index in [4.69, 9.17) is 26.9 Å². The van der Waals surface area contributed by atoms with Crippen LogP contribution < -0.4 is 0 Å². The van der Waals surface area contributed by atoms with E-state index in [-0.39, 0.29) is 6.61 Å². The van der Waals surface area contributed by atoms with Crippen molar-refractivity contribution in [1.82, 2.24) is 0 Å². The van der Waals surface area contributed by atoms with Crippen molar-refractivity contribution in [2.75, 3.05) is 6.61 Å². The van der Waals surface area contributed by atoms with Crippen LogP contribution in [0.5, 0.6) is 0 Å². The molecule has 0 aliphatic carbocycles. The fraction of sp³-hybridized carbons (Fsp3) is 1.00. The van der Waals surface area contributed by atoms with Gasteiger partial charge in [0.2, 0.25) is 0 Å². The maximum absolute atomic E-state index is 8.99. The summed E-state index contributed by atoms with van der Waals surface area (Å²) in [6, 6.07) is 0. The van der Waals surface area contributed by atoms with Crippen LogP contribution >= 0.6 is 11.6 Å². The molecule has 1 saturated heterocycles. The van der Waals surface area contributed by atoms with Gasteiger partial charge in [0.1, 0.15) is 12.2 Å². The van der Waals surface area contributed by atoms with Gasteiger partial charge >= 0.3 is 0 Å². The first kappa shape index (κ1) is 8.23. The summed E-state index contributed by atoms with van der Waals surface area (Å²) in [5.74, 6) is 0. The van der Waals surface area contributed by atoms with E-state index < -0.39 is 23.9 Å². The Bertz CT molecular complexity index is 106. The fourth-order valence-corrected chi connectivity index (χ4v) is 0.992. The molecule has 4 atom stereocenters. The number of rotatable bonds is 0. The lowest BCUT2D eigenvalue weighted by atomic mass is 10.1. The molecule has 10 heavy (non-hydrogen) atoms. The number of halogens is 1. The van der Waals surface area contributed by atoms with Gasteiger partial charge in [0.15, 0.2) is 6.29 Å². The number of hydrogen-bond donors (Lipinski definition) is 3. The molecule has 0 bridgehead atoms. The molecule has 1 unspecified atom stereocenters. The molecule has 0 spiro atoms. The molecule has 60 valence electrons. The van der Waals surface area contributed by atoms with Gasteiger partial charge in [-0.2, -0.15) is 0 Å². The summed E-state index contributed by atoms with van der Waals surface area (Å²) in [5.41, 5.74) is 0. The first-order valence-electron chi connectivity index (χ1n) is 2.93. The number of aliphatic hydroxyl groups excluding tert-OH is 3. The summed E-state index contributed by atoms with van der Waals surface area (Å²) in [7, 11) is 0. The molecule has 0 radical (unpaired) electrons. The number of aliphatic hydroxyl groups is 3. The predicted molar refractivity (Wildman–Crippen MR) is 33.6 cm³/mol. The Hall–Kier alpha value is 0.130. The lowest BCUT2D eigenvalue weighted by Gasteiger charge is -2.31. The topological polar surface area (TPSA) is 69.9 Å². The van der Waals surface area contributed by atoms with Crippen LogP contribution in [-0.4, -0.2) is 45.8 Å². The van der Waals surface area contributed by atoms with Gasteiger partial charge in [-0.25, -0.2) is 0 Å². The molecule has 1 aliphatic rings. The molecule has 3 N–H and O–H groups in total. The second-order valence-electron chi connectivity index (χ2n) is 2.22. The van der Waals surface area contributed by atoms with Crippen LogP contribution in [-0.2, 0) is 4.74 Å². The van der Waals surface area contributed by atoms with Crippen molar-refractivity contribution in [3.8, 4) is 0 Å². The molecular formula is C5H9ClO4. The maximum Gasteiger partial charge on any atom is 0.183 e. The van der Waals surface area contributed by atoms with E-state index in [0.29, 0.717) is 0 Å². The molecule has 0 aromatic rings. The number of ether oxygens (including phenoxy) is 1. The Labute approximate surface area is 63.0 Å². The standard InChI is InChI=1S/C5H9ClO4/c6-2-1-10-5(9)4(8)3(2)7/h2-5,7-9H,1H2/t2-,3-,4+,5?/m0/s1. The monoisotopic (exact) mass is 168 g/mol. The highest BCUT2D eigenvalue weighted by Crippen LogP contribution is 2.17. The summed E-state index contributed by atoms with van der Waals surface area (Å²) in [6.07, 6.45) is -3.72. The highest BCUT2D eigenvalue weighted by molar-refractivity contribution is 6.21. The molecular weight excluding hydrogens is 160 g/mol. The average molecular weight is 169 g/mol. The molecule has 5 heteroatoms. The van der Waals surface area contributed by atoms with E-state index in [9.17, 15) is 0 Å². The van der Waals surface area contributed by atoms with Gasteiger partial charge in [0, 0.05) is 0 Å². The van der Waals surface area contributed by atoms with Gasteiger partial charge < -0.3 is 20.1 Å². The van der Waals surface area contributed by atoms with E-state index in [0.717, 1.165) is 0 Å². The molecule has 0 aromatic heterocycles. The van der Waals surface area contributed by atoms with Crippen molar-refractivity contribution in [3.63, 3.8) is 0 Å². The molecule has 1 rings (SSSR count). The number of hydrogen-bond acceptors (Lipinski definition) is 4. The maximum atomic E-state index is 8.99. The number of alkyl halides is 1. The first-order chi connectivity index (χ1) is 4.63. The Morgan fingerprint density at radius 3 is 2.30 bits per heavy atom. The third-order valence-corrected chi connectivity index (χ3v) is 1.82. The molecule has 0 amide bonds. The lowest BCUT2D eigenvalue weighted by molar-refractivity contribution is -0.217. The van der Waals surface area contributed by atoms with Crippen molar-refractivity contribution in [2.45, 2.75) is 23.9 Å². The zero-order chi connectivity index (χ0) is 7.72. The van der Waals surface area contributed by atoms with Crippen molar-refractivity contribution in [2.24, 2.45) is 0 Å². The van der Waals surface area contributed by atoms with Crippen molar-refractivity contribution in [3.05, 3.63) is 0 Å². The van der Waals surface area contributed by atoms with E-state index in [1.54, 1.807) is 0 Å². The SMILES string of the molecule is OC1OC[C@H](Cl)[C@H](O)[C@H]1O. The minimum Gasteiger partial charge on any atom is -0.389 e.